The van der Waals surface area contributed by atoms with Gasteiger partial charge in [-0.3, -0.25) is 9.59 Å². The molecule has 2 aliphatic rings. The van der Waals surface area contributed by atoms with Crippen LogP contribution in [0, 0.1) is 11.8 Å². The highest BCUT2D eigenvalue weighted by atomic mass is 16.2. The Morgan fingerprint density at radius 1 is 0.595 bits per heavy atom. The summed E-state index contributed by atoms with van der Waals surface area (Å²) in [5, 5.41) is 14.4. The first-order chi connectivity index (χ1) is 18.0. The summed E-state index contributed by atoms with van der Waals surface area (Å²) in [6, 6.07) is 33.1. The third-order valence-corrected chi connectivity index (χ3v) is 7.24. The van der Waals surface area contributed by atoms with Crippen molar-refractivity contribution in [3.63, 3.8) is 0 Å². The molecule has 0 saturated heterocycles. The molecule has 2 unspecified atom stereocenters. The average Bonchev–Trinajstić information content (AvgIpc) is 3.40. The van der Waals surface area contributed by atoms with Gasteiger partial charge < -0.3 is 0 Å². The zero-order valence-electron chi connectivity index (χ0n) is 20.7. The Bertz CT molecular complexity index is 1480. The van der Waals surface area contributed by atoms with Crippen LogP contribution in [0.4, 0.5) is 11.4 Å². The number of benzene rings is 4. The van der Waals surface area contributed by atoms with Crippen molar-refractivity contribution in [1.29, 1.82) is 0 Å². The molecule has 4 aromatic rings. The molecule has 2 aliphatic heterocycles. The molecule has 0 aromatic heterocycles. The lowest BCUT2D eigenvalue weighted by atomic mass is 9.72. The second kappa shape index (κ2) is 9.13. The monoisotopic (exact) mass is 486 g/mol. The van der Waals surface area contributed by atoms with Crippen LogP contribution >= 0.6 is 0 Å². The average molecular weight is 487 g/mol. The fourth-order valence-electron chi connectivity index (χ4n) is 5.49. The maximum absolute atomic E-state index is 14.0. The van der Waals surface area contributed by atoms with Gasteiger partial charge in [0.05, 0.1) is 23.2 Å². The minimum absolute atomic E-state index is 0.138. The quantitative estimate of drug-likeness (QED) is 0.347. The molecule has 0 aliphatic carbocycles. The molecule has 37 heavy (non-hydrogen) atoms. The fraction of sp³-hybridized carbons (Fsp3) is 0.161. The van der Waals surface area contributed by atoms with E-state index in [0.717, 1.165) is 16.3 Å². The molecular weight excluding hydrogens is 460 g/mol. The summed E-state index contributed by atoms with van der Waals surface area (Å²) >= 11 is 0. The van der Waals surface area contributed by atoms with Crippen LogP contribution in [0.25, 0.3) is 10.8 Å². The zero-order valence-corrected chi connectivity index (χ0v) is 20.7. The van der Waals surface area contributed by atoms with Crippen LogP contribution in [0.5, 0.6) is 0 Å². The molecule has 2 amide bonds. The normalized spacial score (nSPS) is 20.4. The zero-order chi connectivity index (χ0) is 25.5. The van der Waals surface area contributed by atoms with Crippen molar-refractivity contribution in [1.82, 2.24) is 0 Å². The molecule has 0 N–H and O–H groups in total. The van der Waals surface area contributed by atoms with E-state index in [1.54, 1.807) is 0 Å². The van der Waals surface area contributed by atoms with Crippen LogP contribution in [0.15, 0.2) is 113 Å². The summed E-state index contributed by atoms with van der Waals surface area (Å²) < 4.78 is 0. The van der Waals surface area contributed by atoms with Crippen molar-refractivity contribution in [2.75, 3.05) is 10.0 Å². The van der Waals surface area contributed by atoms with Crippen molar-refractivity contribution >= 4 is 45.4 Å². The van der Waals surface area contributed by atoms with E-state index < -0.39 is 17.8 Å². The molecule has 0 saturated carbocycles. The topological polar surface area (TPSA) is 65.3 Å². The maximum atomic E-state index is 14.0. The number of carbonyl (C=O) groups excluding carboxylic acids is 2. The van der Waals surface area contributed by atoms with Crippen LogP contribution in [-0.4, -0.2) is 23.2 Å². The number of anilines is 2. The van der Waals surface area contributed by atoms with E-state index in [4.69, 9.17) is 0 Å². The van der Waals surface area contributed by atoms with E-state index in [-0.39, 0.29) is 11.8 Å². The van der Waals surface area contributed by atoms with E-state index in [1.165, 1.54) is 10.0 Å². The molecule has 4 aromatic carbocycles. The van der Waals surface area contributed by atoms with E-state index >= 15 is 0 Å². The molecule has 0 spiro atoms. The molecule has 6 nitrogen and oxygen atoms in total. The number of hydrogen-bond acceptors (Lipinski definition) is 4. The van der Waals surface area contributed by atoms with Gasteiger partial charge in [-0.1, -0.05) is 78.9 Å². The minimum Gasteiger partial charge on any atom is -0.272 e. The van der Waals surface area contributed by atoms with Gasteiger partial charge in [-0.25, -0.2) is 10.0 Å². The van der Waals surface area contributed by atoms with E-state index in [0.29, 0.717) is 22.8 Å². The third-order valence-electron chi connectivity index (χ3n) is 7.24. The fourth-order valence-corrected chi connectivity index (χ4v) is 5.49. The highest BCUT2D eigenvalue weighted by Crippen LogP contribution is 2.43. The van der Waals surface area contributed by atoms with E-state index in [2.05, 4.69) is 34.5 Å². The molecule has 0 bridgehead atoms. The highest BCUT2D eigenvalue weighted by molar-refractivity contribution is 6.19. The SMILES string of the molecule is CC1=NN(c2ccccc2)C(=O)C1C(c1ccc2ccccc2c1)C1C(=O)N(c2ccccc2)N=C1C. The lowest BCUT2D eigenvalue weighted by molar-refractivity contribution is -0.122. The molecule has 182 valence electrons. The second-order valence-corrected chi connectivity index (χ2v) is 9.54. The van der Waals surface area contributed by atoms with Gasteiger partial charge in [0.1, 0.15) is 0 Å². The summed E-state index contributed by atoms with van der Waals surface area (Å²) in [7, 11) is 0. The second-order valence-electron chi connectivity index (χ2n) is 9.54. The number of hydrogen-bond donors (Lipinski definition) is 0. The lowest BCUT2D eigenvalue weighted by Gasteiger charge is -2.29. The Morgan fingerprint density at radius 3 is 1.57 bits per heavy atom. The Balaban J connectivity index is 1.46. The Morgan fingerprint density at radius 2 is 1.05 bits per heavy atom. The first-order valence-corrected chi connectivity index (χ1v) is 12.4. The molecule has 6 heteroatoms. The van der Waals surface area contributed by atoms with Crippen molar-refractivity contribution in [2.45, 2.75) is 19.8 Å². The van der Waals surface area contributed by atoms with Gasteiger partial charge in [-0.2, -0.15) is 10.2 Å². The van der Waals surface area contributed by atoms with Gasteiger partial charge in [0.15, 0.2) is 0 Å². The Kier molecular flexibility index (Phi) is 5.64. The number of carbonyl (C=O) groups is 2. The van der Waals surface area contributed by atoms with E-state index in [1.807, 2.05) is 92.7 Å². The van der Waals surface area contributed by atoms with Crippen LogP contribution in [-0.2, 0) is 9.59 Å². The lowest BCUT2D eigenvalue weighted by Crippen LogP contribution is -2.40. The number of amides is 2. The van der Waals surface area contributed by atoms with Crippen LogP contribution < -0.4 is 10.0 Å². The molecule has 6 rings (SSSR count). The van der Waals surface area contributed by atoms with Crippen LogP contribution in [0.2, 0.25) is 0 Å². The summed E-state index contributed by atoms with van der Waals surface area (Å²) in [5.74, 6) is -1.94. The van der Waals surface area contributed by atoms with Gasteiger partial charge in [0.25, 0.3) is 11.8 Å². The molecule has 0 radical (unpaired) electrons. The smallest absolute Gasteiger partial charge is 0.256 e. The van der Waals surface area contributed by atoms with Gasteiger partial charge in [0.2, 0.25) is 0 Å². The Hall–Kier alpha value is -4.58. The summed E-state index contributed by atoms with van der Waals surface area (Å²) in [6.07, 6.45) is 0. The van der Waals surface area contributed by atoms with Crippen LogP contribution in [0.3, 0.4) is 0 Å². The van der Waals surface area contributed by atoms with Gasteiger partial charge >= 0.3 is 0 Å². The van der Waals surface area contributed by atoms with Crippen molar-refractivity contribution < 1.29 is 9.59 Å². The molecular formula is C31H26N4O2. The first-order valence-electron chi connectivity index (χ1n) is 12.4. The van der Waals surface area contributed by atoms with Gasteiger partial charge in [0, 0.05) is 17.3 Å². The molecule has 2 atom stereocenters. The van der Waals surface area contributed by atoms with Gasteiger partial charge in [-0.05, 0) is 54.4 Å². The predicted molar refractivity (Wildman–Crippen MR) is 148 cm³/mol. The largest absolute Gasteiger partial charge is 0.272 e. The summed E-state index contributed by atoms with van der Waals surface area (Å²) in [4.78, 5) is 27.9. The summed E-state index contributed by atoms with van der Waals surface area (Å²) in [5.41, 5.74) is 3.71. The van der Waals surface area contributed by atoms with Crippen molar-refractivity contribution in [3.8, 4) is 0 Å². The number of nitrogens with zero attached hydrogens (tertiary/aromatic N) is 4. The standard InChI is InChI=1S/C31H26N4O2/c1-20-27(30(36)34(32-20)25-13-5-3-6-14-25)29(24-18-17-22-11-9-10-12-23(22)19-24)28-21(2)33-35(31(28)37)26-15-7-4-8-16-26/h3-19,27-29H,1-2H3. The molecule has 2 heterocycles. The number of rotatable bonds is 5. The maximum Gasteiger partial charge on any atom is 0.256 e. The Labute approximate surface area is 215 Å². The predicted octanol–water partition coefficient (Wildman–Crippen LogP) is 6.00. The van der Waals surface area contributed by atoms with Crippen molar-refractivity contribution in [2.24, 2.45) is 22.0 Å². The molecule has 0 fully saturated rings. The minimum atomic E-state index is -0.601. The first kappa shape index (κ1) is 22.9. The number of hydrazone groups is 2. The third kappa shape index (κ3) is 3.91. The van der Waals surface area contributed by atoms with Crippen molar-refractivity contribution in [3.05, 3.63) is 109 Å². The number of para-hydroxylation sites is 2. The van der Waals surface area contributed by atoms with Gasteiger partial charge in [-0.15, -0.1) is 0 Å². The summed E-state index contributed by atoms with van der Waals surface area (Å²) in [6.45, 7) is 3.75. The number of fused-ring (bicyclic) bond motifs is 1. The van der Waals surface area contributed by atoms with E-state index in [9.17, 15) is 9.59 Å². The highest BCUT2D eigenvalue weighted by Gasteiger charge is 2.50. The van der Waals surface area contributed by atoms with Crippen LogP contribution in [0.1, 0.15) is 25.3 Å².